The van der Waals surface area contributed by atoms with Gasteiger partial charge in [0.15, 0.2) is 0 Å². The maximum absolute atomic E-state index is 12.5. The van der Waals surface area contributed by atoms with E-state index in [9.17, 15) is 9.59 Å². The van der Waals surface area contributed by atoms with Gasteiger partial charge in [-0.25, -0.2) is 4.98 Å². The van der Waals surface area contributed by atoms with Crippen molar-refractivity contribution in [1.82, 2.24) is 19.8 Å². The standard InChI is InChI=1S/C24H28N4O2/c1-17(28-16-18-10-5-6-11-19(18)24(28)30)23(29)25-15-9-3-4-14-22-26-20-12-7-8-13-21(20)27(22)2/h5-8,10-13,17H,3-4,9,14-16H2,1-2H3,(H,25,29)/t17-/m0/s1. The van der Waals surface area contributed by atoms with Crippen LogP contribution >= 0.6 is 0 Å². The van der Waals surface area contributed by atoms with E-state index >= 15 is 0 Å². The molecule has 0 saturated carbocycles. The number of nitrogens with zero attached hydrogens (tertiary/aromatic N) is 3. The molecular weight excluding hydrogens is 376 g/mol. The summed E-state index contributed by atoms with van der Waals surface area (Å²) < 4.78 is 2.16. The largest absolute Gasteiger partial charge is 0.354 e. The first-order chi connectivity index (χ1) is 14.6. The van der Waals surface area contributed by atoms with Crippen LogP contribution in [-0.2, 0) is 24.8 Å². The van der Waals surface area contributed by atoms with Crippen molar-refractivity contribution in [3.8, 4) is 0 Å². The summed E-state index contributed by atoms with van der Waals surface area (Å²) >= 11 is 0. The normalized spacial score (nSPS) is 14.2. The van der Waals surface area contributed by atoms with Gasteiger partial charge in [-0.05, 0) is 43.5 Å². The van der Waals surface area contributed by atoms with Crippen LogP contribution in [0.4, 0.5) is 0 Å². The van der Waals surface area contributed by atoms with Crippen LogP contribution in [0.3, 0.4) is 0 Å². The minimum atomic E-state index is -0.468. The Morgan fingerprint density at radius 2 is 1.87 bits per heavy atom. The number of imidazole rings is 1. The van der Waals surface area contributed by atoms with Crippen molar-refractivity contribution in [2.75, 3.05) is 6.54 Å². The predicted octanol–water partition coefficient (Wildman–Crippen LogP) is 3.45. The zero-order valence-corrected chi connectivity index (χ0v) is 17.6. The Morgan fingerprint density at radius 1 is 1.10 bits per heavy atom. The number of para-hydroxylation sites is 2. The highest BCUT2D eigenvalue weighted by atomic mass is 16.2. The molecule has 0 radical (unpaired) electrons. The maximum atomic E-state index is 12.5. The summed E-state index contributed by atoms with van der Waals surface area (Å²) in [4.78, 5) is 31.4. The number of carbonyl (C=O) groups is 2. The molecule has 6 nitrogen and oxygen atoms in total. The third-order valence-electron chi connectivity index (χ3n) is 5.95. The molecule has 0 unspecified atom stereocenters. The third kappa shape index (κ3) is 3.95. The van der Waals surface area contributed by atoms with Crippen LogP contribution in [0, 0.1) is 0 Å². The summed E-state index contributed by atoms with van der Waals surface area (Å²) in [6.07, 6.45) is 3.89. The molecule has 0 bridgehead atoms. The summed E-state index contributed by atoms with van der Waals surface area (Å²) in [5.74, 6) is 0.947. The Morgan fingerprint density at radius 3 is 2.67 bits per heavy atom. The van der Waals surface area contributed by atoms with Crippen molar-refractivity contribution in [2.45, 2.75) is 45.2 Å². The molecule has 0 fully saturated rings. The first-order valence-corrected chi connectivity index (χ1v) is 10.6. The van der Waals surface area contributed by atoms with Crippen molar-refractivity contribution < 1.29 is 9.59 Å². The number of amides is 2. The van der Waals surface area contributed by atoms with Crippen LogP contribution in [-0.4, -0.2) is 38.9 Å². The molecule has 0 aliphatic carbocycles. The van der Waals surface area contributed by atoms with Gasteiger partial charge in [0.2, 0.25) is 5.91 Å². The Hall–Kier alpha value is -3.15. The lowest BCUT2D eigenvalue weighted by atomic mass is 10.1. The van der Waals surface area contributed by atoms with E-state index in [0.717, 1.165) is 48.1 Å². The van der Waals surface area contributed by atoms with Gasteiger partial charge in [-0.2, -0.15) is 0 Å². The molecule has 6 heteroatoms. The van der Waals surface area contributed by atoms with E-state index in [1.807, 2.05) is 42.5 Å². The number of benzene rings is 2. The van der Waals surface area contributed by atoms with Crippen LogP contribution in [0.25, 0.3) is 11.0 Å². The quantitative estimate of drug-likeness (QED) is 0.585. The zero-order chi connectivity index (χ0) is 21.1. The third-order valence-corrected chi connectivity index (χ3v) is 5.95. The minimum Gasteiger partial charge on any atom is -0.354 e. The van der Waals surface area contributed by atoms with Crippen LogP contribution in [0.2, 0.25) is 0 Å². The Labute approximate surface area is 176 Å². The van der Waals surface area contributed by atoms with Crippen molar-refractivity contribution in [1.29, 1.82) is 0 Å². The number of hydrogen-bond acceptors (Lipinski definition) is 3. The number of fused-ring (bicyclic) bond motifs is 2. The highest BCUT2D eigenvalue weighted by Gasteiger charge is 2.33. The molecule has 2 amide bonds. The molecule has 30 heavy (non-hydrogen) atoms. The highest BCUT2D eigenvalue weighted by Crippen LogP contribution is 2.24. The monoisotopic (exact) mass is 404 g/mol. The molecular formula is C24H28N4O2. The summed E-state index contributed by atoms with van der Waals surface area (Å²) in [5, 5.41) is 2.98. The Kier molecular flexibility index (Phi) is 5.84. The SMILES string of the molecule is C[C@@H](C(=O)NCCCCCc1nc2ccccc2n1C)N1Cc2ccccc2C1=O. The van der Waals surface area contributed by atoms with Gasteiger partial charge < -0.3 is 14.8 Å². The second-order valence-electron chi connectivity index (χ2n) is 7.94. The Balaban J connectivity index is 1.19. The molecule has 2 aromatic carbocycles. The van der Waals surface area contributed by atoms with E-state index < -0.39 is 6.04 Å². The van der Waals surface area contributed by atoms with Gasteiger partial charge in [0.25, 0.3) is 5.91 Å². The van der Waals surface area contributed by atoms with Crippen molar-refractivity contribution >= 4 is 22.8 Å². The number of unbranched alkanes of at least 4 members (excludes halogenated alkanes) is 2. The fourth-order valence-electron chi connectivity index (χ4n) is 4.09. The summed E-state index contributed by atoms with van der Waals surface area (Å²) in [5.41, 5.74) is 3.89. The zero-order valence-electron chi connectivity index (χ0n) is 17.6. The van der Waals surface area contributed by atoms with Gasteiger partial charge in [-0.1, -0.05) is 36.8 Å². The number of nitrogens with one attached hydrogen (secondary N) is 1. The number of carbonyl (C=O) groups excluding carboxylic acids is 2. The van der Waals surface area contributed by atoms with Crippen molar-refractivity contribution in [3.05, 3.63) is 65.5 Å². The van der Waals surface area contributed by atoms with E-state index in [-0.39, 0.29) is 11.8 Å². The van der Waals surface area contributed by atoms with Crippen molar-refractivity contribution in [2.24, 2.45) is 7.05 Å². The average Bonchev–Trinajstić information content (AvgIpc) is 3.27. The van der Waals surface area contributed by atoms with E-state index in [1.54, 1.807) is 11.8 Å². The molecule has 4 rings (SSSR count). The number of hydrogen-bond donors (Lipinski definition) is 1. The van der Waals surface area contributed by atoms with Crippen molar-refractivity contribution in [3.63, 3.8) is 0 Å². The van der Waals surface area contributed by atoms with Gasteiger partial charge in [-0.15, -0.1) is 0 Å². The number of aromatic nitrogens is 2. The maximum Gasteiger partial charge on any atom is 0.255 e. The first kappa shape index (κ1) is 20.1. The van der Waals surface area contributed by atoms with Crippen LogP contribution < -0.4 is 5.32 Å². The second kappa shape index (κ2) is 8.69. The minimum absolute atomic E-state index is 0.0595. The molecule has 3 aromatic rings. The molecule has 1 aromatic heterocycles. The van der Waals surface area contributed by atoms with E-state index in [2.05, 4.69) is 23.0 Å². The molecule has 1 aliphatic rings. The van der Waals surface area contributed by atoms with E-state index in [0.29, 0.717) is 18.7 Å². The van der Waals surface area contributed by atoms with E-state index in [1.165, 1.54) is 0 Å². The summed E-state index contributed by atoms with van der Waals surface area (Å²) in [6.45, 7) is 2.92. The van der Waals surface area contributed by atoms with Gasteiger partial charge in [0, 0.05) is 32.1 Å². The highest BCUT2D eigenvalue weighted by molar-refractivity contribution is 6.01. The van der Waals surface area contributed by atoms with E-state index in [4.69, 9.17) is 4.98 Å². The second-order valence-corrected chi connectivity index (χ2v) is 7.94. The van der Waals surface area contributed by atoms with Gasteiger partial charge >= 0.3 is 0 Å². The molecule has 0 saturated heterocycles. The van der Waals surface area contributed by atoms with Gasteiger partial charge in [-0.3, -0.25) is 9.59 Å². The fourth-order valence-corrected chi connectivity index (χ4v) is 4.09. The smallest absolute Gasteiger partial charge is 0.255 e. The summed E-state index contributed by atoms with van der Waals surface area (Å²) in [6, 6.07) is 15.3. The lowest BCUT2D eigenvalue weighted by Crippen LogP contribution is -2.45. The lowest BCUT2D eigenvalue weighted by molar-refractivity contribution is -0.125. The number of rotatable bonds is 8. The fraction of sp³-hybridized carbons (Fsp3) is 0.375. The van der Waals surface area contributed by atoms with Crippen LogP contribution in [0.1, 0.15) is 47.9 Å². The molecule has 1 atom stereocenters. The molecule has 156 valence electrons. The molecule has 2 heterocycles. The number of aryl methyl sites for hydroxylation is 2. The van der Waals surface area contributed by atoms with Gasteiger partial charge in [0.1, 0.15) is 11.9 Å². The summed E-state index contributed by atoms with van der Waals surface area (Å²) in [7, 11) is 2.06. The molecule has 1 aliphatic heterocycles. The first-order valence-electron chi connectivity index (χ1n) is 10.6. The predicted molar refractivity (Wildman–Crippen MR) is 117 cm³/mol. The molecule has 1 N–H and O–H groups in total. The molecule has 0 spiro atoms. The van der Waals surface area contributed by atoms with Gasteiger partial charge in [0.05, 0.1) is 11.0 Å². The van der Waals surface area contributed by atoms with Crippen LogP contribution in [0.5, 0.6) is 0 Å². The topological polar surface area (TPSA) is 67.2 Å². The average molecular weight is 405 g/mol. The Bertz CT molecular complexity index is 1070. The lowest BCUT2D eigenvalue weighted by Gasteiger charge is -2.23. The van der Waals surface area contributed by atoms with Crippen LogP contribution in [0.15, 0.2) is 48.5 Å².